The summed E-state index contributed by atoms with van der Waals surface area (Å²) in [6.07, 6.45) is -0.784. The fourth-order valence-electron chi connectivity index (χ4n) is 0.978. The van der Waals surface area contributed by atoms with Crippen molar-refractivity contribution in [3.05, 3.63) is 23.8 Å². The van der Waals surface area contributed by atoms with Gasteiger partial charge in [0.15, 0.2) is 5.75 Å². The van der Waals surface area contributed by atoms with E-state index in [-0.39, 0.29) is 11.3 Å². The quantitative estimate of drug-likeness (QED) is 0.640. The highest BCUT2D eigenvalue weighted by Crippen LogP contribution is 2.27. The number of carbonyl (C=O) groups is 2. The maximum absolute atomic E-state index is 10.8. The number of phenols is 1. The maximum Gasteiger partial charge on any atom is 0.411 e. The van der Waals surface area contributed by atoms with Crippen LogP contribution in [0.2, 0.25) is 0 Å². The van der Waals surface area contributed by atoms with Crippen LogP contribution in [0, 0.1) is 0 Å². The number of para-hydroxylation sites is 1. The molecular weight excluding hydrogens is 202 g/mol. The minimum Gasteiger partial charge on any atom is -0.505 e. The topological polar surface area (TPSA) is 95.9 Å². The van der Waals surface area contributed by atoms with E-state index < -0.39 is 17.8 Å². The van der Waals surface area contributed by atoms with Crippen molar-refractivity contribution in [1.29, 1.82) is 0 Å². The van der Waals surface area contributed by atoms with Crippen LogP contribution in [-0.4, -0.2) is 29.4 Å². The standard InChI is InChI=1S/C9H9NO5/c1-15-9(14)10-6-4-2-3-5(7(6)11)8(12)13/h2-4,11H,1H3,(H,10,14)(H,12,13). The van der Waals surface area contributed by atoms with Gasteiger partial charge in [-0.2, -0.15) is 0 Å². The molecule has 0 bridgehead atoms. The van der Waals surface area contributed by atoms with Crippen molar-refractivity contribution in [3.63, 3.8) is 0 Å². The van der Waals surface area contributed by atoms with Gasteiger partial charge < -0.3 is 14.9 Å². The lowest BCUT2D eigenvalue weighted by Crippen LogP contribution is -2.11. The van der Waals surface area contributed by atoms with Gasteiger partial charge in [-0.1, -0.05) is 6.07 Å². The first-order chi connectivity index (χ1) is 7.06. The van der Waals surface area contributed by atoms with Gasteiger partial charge >= 0.3 is 12.1 Å². The monoisotopic (exact) mass is 211 g/mol. The summed E-state index contributed by atoms with van der Waals surface area (Å²) in [5, 5.41) is 20.3. The van der Waals surface area contributed by atoms with Crippen LogP contribution in [0.25, 0.3) is 0 Å². The van der Waals surface area contributed by atoms with E-state index in [1.165, 1.54) is 18.2 Å². The molecule has 0 aromatic heterocycles. The molecular formula is C9H9NO5. The number of carboxylic acids is 1. The first kappa shape index (κ1) is 10.8. The Morgan fingerprint density at radius 3 is 2.60 bits per heavy atom. The normalized spacial score (nSPS) is 9.40. The van der Waals surface area contributed by atoms with Crippen molar-refractivity contribution >= 4 is 17.7 Å². The second-order valence-corrected chi connectivity index (χ2v) is 2.62. The molecule has 1 aromatic carbocycles. The molecule has 6 heteroatoms. The van der Waals surface area contributed by atoms with E-state index in [4.69, 9.17) is 5.11 Å². The number of amides is 1. The molecule has 0 atom stereocenters. The van der Waals surface area contributed by atoms with Crippen molar-refractivity contribution in [2.24, 2.45) is 0 Å². The second-order valence-electron chi connectivity index (χ2n) is 2.62. The number of hydrogen-bond donors (Lipinski definition) is 3. The van der Waals surface area contributed by atoms with E-state index in [0.717, 1.165) is 7.11 Å². The fraction of sp³-hybridized carbons (Fsp3) is 0.111. The van der Waals surface area contributed by atoms with Crippen LogP contribution in [0.4, 0.5) is 10.5 Å². The number of methoxy groups -OCH3 is 1. The fourth-order valence-corrected chi connectivity index (χ4v) is 0.978. The van der Waals surface area contributed by atoms with Crippen LogP contribution >= 0.6 is 0 Å². The highest BCUT2D eigenvalue weighted by molar-refractivity contribution is 5.96. The van der Waals surface area contributed by atoms with Crippen molar-refractivity contribution in [2.45, 2.75) is 0 Å². The molecule has 15 heavy (non-hydrogen) atoms. The van der Waals surface area contributed by atoms with Crippen molar-refractivity contribution in [3.8, 4) is 5.75 Å². The average molecular weight is 211 g/mol. The van der Waals surface area contributed by atoms with E-state index >= 15 is 0 Å². The lowest BCUT2D eigenvalue weighted by atomic mass is 10.2. The molecule has 6 nitrogen and oxygen atoms in total. The number of anilines is 1. The van der Waals surface area contributed by atoms with Crippen LogP contribution in [-0.2, 0) is 4.74 Å². The lowest BCUT2D eigenvalue weighted by molar-refractivity contribution is 0.0693. The molecule has 0 fully saturated rings. The Morgan fingerprint density at radius 1 is 1.40 bits per heavy atom. The van der Waals surface area contributed by atoms with Crippen molar-refractivity contribution in [2.75, 3.05) is 12.4 Å². The number of ether oxygens (including phenoxy) is 1. The first-order valence-electron chi connectivity index (χ1n) is 3.96. The largest absolute Gasteiger partial charge is 0.505 e. The third kappa shape index (κ3) is 2.37. The van der Waals surface area contributed by atoms with Crippen LogP contribution in [0.3, 0.4) is 0 Å². The Kier molecular flexibility index (Phi) is 3.12. The summed E-state index contributed by atoms with van der Waals surface area (Å²) < 4.78 is 4.30. The van der Waals surface area contributed by atoms with Crippen LogP contribution in [0.5, 0.6) is 5.75 Å². The first-order valence-corrected chi connectivity index (χ1v) is 3.96. The van der Waals surface area contributed by atoms with Gasteiger partial charge in [0.2, 0.25) is 0 Å². The predicted octanol–water partition coefficient (Wildman–Crippen LogP) is 1.27. The summed E-state index contributed by atoms with van der Waals surface area (Å²) in [7, 11) is 1.16. The van der Waals surface area contributed by atoms with Gasteiger partial charge in [0, 0.05) is 0 Å². The Labute approximate surface area is 85.1 Å². The molecule has 0 spiro atoms. The Morgan fingerprint density at radius 2 is 2.07 bits per heavy atom. The van der Waals surface area contributed by atoms with Gasteiger partial charge in [-0.25, -0.2) is 9.59 Å². The number of aromatic hydroxyl groups is 1. The van der Waals surface area contributed by atoms with Gasteiger partial charge in [0.1, 0.15) is 5.56 Å². The molecule has 0 unspecified atom stereocenters. The summed E-state index contributed by atoms with van der Waals surface area (Å²) in [5.41, 5.74) is -0.300. The highest BCUT2D eigenvalue weighted by Gasteiger charge is 2.14. The van der Waals surface area contributed by atoms with Gasteiger partial charge in [-0.05, 0) is 12.1 Å². The molecule has 80 valence electrons. The van der Waals surface area contributed by atoms with Gasteiger partial charge in [-0.3, -0.25) is 5.32 Å². The van der Waals surface area contributed by atoms with Crippen LogP contribution in [0.15, 0.2) is 18.2 Å². The molecule has 1 aromatic rings. The Balaban J connectivity index is 3.04. The van der Waals surface area contributed by atoms with Gasteiger partial charge in [0.05, 0.1) is 12.8 Å². The number of aromatic carboxylic acids is 1. The Bertz CT molecular complexity index is 401. The summed E-state index contributed by atoms with van der Waals surface area (Å²) in [4.78, 5) is 21.4. The second kappa shape index (κ2) is 4.32. The molecule has 1 rings (SSSR count). The molecule has 1 amide bonds. The predicted molar refractivity (Wildman–Crippen MR) is 51.1 cm³/mol. The van der Waals surface area contributed by atoms with E-state index in [9.17, 15) is 14.7 Å². The smallest absolute Gasteiger partial charge is 0.411 e. The van der Waals surface area contributed by atoms with Crippen molar-refractivity contribution in [1.82, 2.24) is 0 Å². The molecule has 3 N–H and O–H groups in total. The molecule has 0 aliphatic heterocycles. The van der Waals surface area contributed by atoms with Gasteiger partial charge in [0.25, 0.3) is 0 Å². The summed E-state index contributed by atoms with van der Waals surface area (Å²) in [5.74, 6) is -1.78. The number of hydrogen-bond acceptors (Lipinski definition) is 4. The summed E-state index contributed by atoms with van der Waals surface area (Å²) >= 11 is 0. The molecule has 0 aliphatic carbocycles. The third-order valence-corrected chi connectivity index (χ3v) is 1.69. The zero-order valence-electron chi connectivity index (χ0n) is 7.85. The Hall–Kier alpha value is -2.24. The van der Waals surface area contributed by atoms with E-state index in [1.807, 2.05) is 0 Å². The SMILES string of the molecule is COC(=O)Nc1cccc(C(=O)O)c1O. The number of rotatable bonds is 2. The minimum atomic E-state index is -1.28. The van der Waals surface area contributed by atoms with Crippen LogP contribution < -0.4 is 5.32 Å². The zero-order valence-corrected chi connectivity index (χ0v) is 7.85. The maximum atomic E-state index is 10.8. The molecule has 0 saturated carbocycles. The molecule has 0 heterocycles. The molecule has 0 radical (unpaired) electrons. The van der Waals surface area contributed by atoms with E-state index in [2.05, 4.69) is 10.1 Å². The van der Waals surface area contributed by atoms with E-state index in [1.54, 1.807) is 0 Å². The van der Waals surface area contributed by atoms with Crippen LogP contribution in [0.1, 0.15) is 10.4 Å². The average Bonchev–Trinajstić information content (AvgIpc) is 2.20. The number of carboxylic acid groups (broad SMARTS) is 1. The van der Waals surface area contributed by atoms with E-state index in [0.29, 0.717) is 0 Å². The van der Waals surface area contributed by atoms with Crippen molar-refractivity contribution < 1.29 is 24.5 Å². The number of carbonyl (C=O) groups excluding carboxylic acids is 1. The summed E-state index contributed by atoms with van der Waals surface area (Å²) in [6.45, 7) is 0. The number of nitrogens with one attached hydrogen (secondary N) is 1. The number of benzene rings is 1. The lowest BCUT2D eigenvalue weighted by Gasteiger charge is -2.07. The minimum absolute atomic E-state index is 0.0123. The highest BCUT2D eigenvalue weighted by atomic mass is 16.5. The molecule has 0 saturated heterocycles. The molecule has 0 aliphatic rings. The van der Waals surface area contributed by atoms with Gasteiger partial charge in [-0.15, -0.1) is 0 Å². The zero-order chi connectivity index (χ0) is 11.4. The summed E-state index contributed by atoms with van der Waals surface area (Å²) in [6, 6.07) is 3.98. The third-order valence-electron chi connectivity index (χ3n) is 1.69.